The number of ether oxygens (including phenoxy) is 3. The first-order valence-corrected chi connectivity index (χ1v) is 15.9. The highest BCUT2D eigenvalue weighted by molar-refractivity contribution is 7.80. The van der Waals surface area contributed by atoms with Gasteiger partial charge < -0.3 is 24.4 Å². The zero-order valence-electron chi connectivity index (χ0n) is 26.5. The molecule has 2 aromatic carbocycles. The van der Waals surface area contributed by atoms with E-state index in [9.17, 15) is 19.2 Å². The van der Waals surface area contributed by atoms with Crippen molar-refractivity contribution in [1.82, 2.24) is 4.90 Å². The normalized spacial score (nSPS) is 15.7. The molecular formula is C34H46N2O7S. The minimum absolute atomic E-state index is 0.119. The SMILES string of the molecule is CCC(C)(C)C(=O)C(=O)N1CCCCC1C(=O)OC(CCc1ccc(OC)c(OC)c1)c1cccc(NC(=O)CCCS)c1. The molecule has 0 spiro atoms. The van der Waals surface area contributed by atoms with Gasteiger partial charge in [0.1, 0.15) is 12.1 Å². The van der Waals surface area contributed by atoms with Crippen molar-refractivity contribution in [3.8, 4) is 11.5 Å². The van der Waals surface area contributed by atoms with E-state index in [2.05, 4.69) is 17.9 Å². The number of aryl methyl sites for hydroxylation is 1. The standard InChI is InChI=1S/C34H46N2O7S/c1-6-34(2,3)31(38)32(39)36-19-8-7-13-26(36)33(40)43-27(17-15-23-16-18-28(41-4)29(21-23)42-5)24-11-9-12-25(22-24)35-30(37)14-10-20-44/h9,11-12,16,18,21-22,26-27,44H,6-8,10,13-15,17,19-20H2,1-5H3,(H,35,37). The number of likely N-dealkylation sites (tertiary alicyclic amines) is 1. The van der Waals surface area contributed by atoms with E-state index in [0.29, 0.717) is 80.0 Å². The number of carbonyl (C=O) groups excluding carboxylic acids is 4. The highest BCUT2D eigenvalue weighted by Gasteiger charge is 2.41. The third-order valence-corrected chi connectivity index (χ3v) is 8.55. The van der Waals surface area contributed by atoms with Crippen LogP contribution in [0, 0.1) is 5.41 Å². The number of hydrogen-bond acceptors (Lipinski definition) is 8. The first-order valence-electron chi connectivity index (χ1n) is 15.3. The molecular weight excluding hydrogens is 580 g/mol. The summed E-state index contributed by atoms with van der Waals surface area (Å²) < 4.78 is 17.0. The number of nitrogens with zero attached hydrogens (tertiary/aromatic N) is 1. The summed E-state index contributed by atoms with van der Waals surface area (Å²) in [6.45, 7) is 5.69. The fourth-order valence-electron chi connectivity index (χ4n) is 5.13. The van der Waals surface area contributed by atoms with E-state index in [0.717, 1.165) is 12.0 Å². The Morgan fingerprint density at radius 2 is 1.80 bits per heavy atom. The van der Waals surface area contributed by atoms with Gasteiger partial charge in [-0.3, -0.25) is 14.4 Å². The van der Waals surface area contributed by atoms with Crippen molar-refractivity contribution >= 4 is 41.9 Å². The van der Waals surface area contributed by atoms with E-state index >= 15 is 0 Å². The van der Waals surface area contributed by atoms with Crippen molar-refractivity contribution in [3.63, 3.8) is 0 Å². The minimum atomic E-state index is -0.847. The number of thiol groups is 1. The number of ketones is 1. The molecule has 1 fully saturated rings. The lowest BCUT2D eigenvalue weighted by Crippen LogP contribution is -2.53. The Hall–Kier alpha value is -3.53. The van der Waals surface area contributed by atoms with Gasteiger partial charge in [-0.2, -0.15) is 12.6 Å². The second kappa shape index (κ2) is 16.5. The van der Waals surface area contributed by atoms with Crippen molar-refractivity contribution in [2.24, 2.45) is 5.41 Å². The fourth-order valence-corrected chi connectivity index (χ4v) is 5.28. The molecule has 0 aromatic heterocycles. The Morgan fingerprint density at radius 1 is 1.05 bits per heavy atom. The molecule has 0 radical (unpaired) electrons. The molecule has 2 atom stereocenters. The Balaban J connectivity index is 1.87. The van der Waals surface area contributed by atoms with Crippen molar-refractivity contribution in [2.75, 3.05) is 31.8 Å². The van der Waals surface area contributed by atoms with E-state index in [4.69, 9.17) is 14.2 Å². The number of carbonyl (C=O) groups is 4. The summed E-state index contributed by atoms with van der Waals surface area (Å²) in [5.41, 5.74) is 1.45. The summed E-state index contributed by atoms with van der Waals surface area (Å²) in [4.78, 5) is 53.9. The van der Waals surface area contributed by atoms with E-state index < -0.39 is 35.2 Å². The van der Waals surface area contributed by atoms with Crippen LogP contribution < -0.4 is 14.8 Å². The largest absolute Gasteiger partial charge is 0.493 e. The number of methoxy groups -OCH3 is 2. The average Bonchev–Trinajstić information content (AvgIpc) is 3.04. The highest BCUT2D eigenvalue weighted by atomic mass is 32.1. The van der Waals surface area contributed by atoms with Crippen LogP contribution in [-0.2, 0) is 30.3 Å². The van der Waals surface area contributed by atoms with E-state index in [-0.39, 0.29) is 5.91 Å². The number of hydrogen-bond donors (Lipinski definition) is 2. The summed E-state index contributed by atoms with van der Waals surface area (Å²) >= 11 is 4.18. The zero-order valence-corrected chi connectivity index (χ0v) is 27.4. The molecule has 1 heterocycles. The lowest BCUT2D eigenvalue weighted by Gasteiger charge is -2.36. The molecule has 2 amide bonds. The van der Waals surface area contributed by atoms with Crippen LogP contribution in [0.4, 0.5) is 5.69 Å². The van der Waals surface area contributed by atoms with Crippen LogP contribution >= 0.6 is 12.6 Å². The van der Waals surface area contributed by atoms with E-state index in [1.54, 1.807) is 34.1 Å². The van der Waals surface area contributed by atoms with Gasteiger partial charge in [-0.25, -0.2) is 4.79 Å². The van der Waals surface area contributed by atoms with Crippen LogP contribution in [0.3, 0.4) is 0 Å². The van der Waals surface area contributed by atoms with Crippen molar-refractivity contribution in [2.45, 2.75) is 84.3 Å². The van der Waals surface area contributed by atoms with Crippen LogP contribution in [0.1, 0.15) is 82.9 Å². The van der Waals surface area contributed by atoms with E-state index in [1.165, 1.54) is 4.90 Å². The highest BCUT2D eigenvalue weighted by Crippen LogP contribution is 2.32. The molecule has 0 aliphatic carbocycles. The fraction of sp³-hybridized carbons (Fsp3) is 0.529. The van der Waals surface area contributed by atoms with Gasteiger partial charge in [0.2, 0.25) is 11.7 Å². The second-order valence-corrected chi connectivity index (χ2v) is 12.2. The van der Waals surface area contributed by atoms with E-state index in [1.807, 2.05) is 43.3 Å². The third kappa shape index (κ3) is 9.24. The molecule has 3 rings (SSSR count). The molecule has 1 saturated heterocycles. The van der Waals surface area contributed by atoms with Crippen LogP contribution in [0.5, 0.6) is 11.5 Å². The third-order valence-electron chi connectivity index (χ3n) is 8.23. The van der Waals surface area contributed by atoms with Gasteiger partial charge in [0, 0.05) is 24.1 Å². The summed E-state index contributed by atoms with van der Waals surface area (Å²) in [6, 6.07) is 12.1. The number of nitrogens with one attached hydrogen (secondary N) is 1. The molecule has 0 bridgehead atoms. The van der Waals surface area contributed by atoms with Crippen molar-refractivity contribution in [3.05, 3.63) is 53.6 Å². The molecule has 1 aliphatic heterocycles. The maximum atomic E-state index is 13.8. The second-order valence-electron chi connectivity index (χ2n) is 11.7. The Kier molecular flexibility index (Phi) is 13.1. The zero-order chi connectivity index (χ0) is 32.3. The minimum Gasteiger partial charge on any atom is -0.493 e. The van der Waals surface area contributed by atoms with Gasteiger partial charge in [0.25, 0.3) is 5.91 Å². The molecule has 0 saturated carbocycles. The Bertz CT molecular complexity index is 1310. The molecule has 10 heteroatoms. The summed E-state index contributed by atoms with van der Waals surface area (Å²) in [5, 5.41) is 2.91. The molecule has 2 unspecified atom stereocenters. The van der Waals surface area contributed by atoms with Gasteiger partial charge in [-0.1, -0.05) is 39.0 Å². The molecule has 1 aliphatic rings. The number of anilines is 1. The first-order chi connectivity index (χ1) is 21.0. The average molecular weight is 627 g/mol. The quantitative estimate of drug-likeness (QED) is 0.143. The number of amides is 2. The number of benzene rings is 2. The molecule has 1 N–H and O–H groups in total. The number of esters is 1. The van der Waals surface area contributed by atoms with Crippen LogP contribution in [-0.4, -0.2) is 61.0 Å². The summed E-state index contributed by atoms with van der Waals surface area (Å²) in [6.07, 6.45) is 3.72. The number of rotatable bonds is 15. The van der Waals surface area contributed by atoms with Gasteiger partial charge in [0.05, 0.1) is 14.2 Å². The first kappa shape index (κ1) is 35.0. The lowest BCUT2D eigenvalue weighted by atomic mass is 9.84. The molecule has 9 nitrogen and oxygen atoms in total. The number of Topliss-reactive ketones (excluding diaryl/α,β-unsaturated/α-hetero) is 1. The smallest absolute Gasteiger partial charge is 0.329 e. The van der Waals surface area contributed by atoms with Crippen molar-refractivity contribution in [1.29, 1.82) is 0 Å². The maximum Gasteiger partial charge on any atom is 0.329 e. The Morgan fingerprint density at radius 3 is 2.48 bits per heavy atom. The van der Waals surface area contributed by atoms with Gasteiger partial charge in [-0.15, -0.1) is 0 Å². The van der Waals surface area contributed by atoms with Crippen molar-refractivity contribution < 1.29 is 33.4 Å². The lowest BCUT2D eigenvalue weighted by molar-refractivity contribution is -0.164. The predicted molar refractivity (Wildman–Crippen MR) is 173 cm³/mol. The summed E-state index contributed by atoms with van der Waals surface area (Å²) in [5.74, 6) is 0.0391. The predicted octanol–water partition coefficient (Wildman–Crippen LogP) is 5.96. The summed E-state index contributed by atoms with van der Waals surface area (Å²) in [7, 11) is 3.15. The van der Waals surface area contributed by atoms with Crippen LogP contribution in [0.15, 0.2) is 42.5 Å². The maximum absolute atomic E-state index is 13.8. The topological polar surface area (TPSA) is 111 Å². The van der Waals surface area contributed by atoms with Crippen LogP contribution in [0.25, 0.3) is 0 Å². The molecule has 240 valence electrons. The van der Waals surface area contributed by atoms with Gasteiger partial charge in [-0.05, 0) is 86.1 Å². The van der Waals surface area contributed by atoms with Gasteiger partial charge in [0.15, 0.2) is 11.5 Å². The van der Waals surface area contributed by atoms with Crippen LogP contribution in [0.2, 0.25) is 0 Å². The molecule has 44 heavy (non-hydrogen) atoms. The van der Waals surface area contributed by atoms with Gasteiger partial charge >= 0.3 is 5.97 Å². The molecule has 2 aromatic rings. The monoisotopic (exact) mass is 626 g/mol. The Labute approximate surface area is 266 Å². The number of piperidine rings is 1.